The van der Waals surface area contributed by atoms with Gasteiger partial charge in [-0.3, -0.25) is 9.59 Å². The molecule has 0 heterocycles. The van der Waals surface area contributed by atoms with Crippen LogP contribution in [0.5, 0.6) is 5.75 Å². The van der Waals surface area contributed by atoms with Crippen molar-refractivity contribution in [2.45, 2.75) is 11.8 Å². The third-order valence-electron chi connectivity index (χ3n) is 2.05. The van der Waals surface area contributed by atoms with Gasteiger partial charge in [0.1, 0.15) is 4.83 Å². The second-order valence-electron chi connectivity index (χ2n) is 3.18. The average Bonchev–Trinajstić information content (AvgIpc) is 2.26. The van der Waals surface area contributed by atoms with E-state index in [0.29, 0.717) is 5.56 Å². The van der Waals surface area contributed by atoms with Gasteiger partial charge in [0.15, 0.2) is 17.3 Å². The Balaban J connectivity index is 3.01. The van der Waals surface area contributed by atoms with Gasteiger partial charge in [0, 0.05) is 6.92 Å². The van der Waals surface area contributed by atoms with E-state index in [4.69, 9.17) is 4.74 Å². The van der Waals surface area contributed by atoms with Crippen LogP contribution >= 0.6 is 15.9 Å². The highest BCUT2D eigenvalue weighted by atomic mass is 79.9. The highest BCUT2D eigenvalue weighted by Crippen LogP contribution is 2.27. The van der Waals surface area contributed by atoms with Crippen LogP contribution in [0.4, 0.5) is 4.39 Å². The molecule has 0 amide bonds. The molecule has 1 aromatic carbocycles. The Hall–Kier alpha value is -1.23. The van der Waals surface area contributed by atoms with Crippen molar-refractivity contribution >= 4 is 27.5 Å². The van der Waals surface area contributed by atoms with Crippen LogP contribution in [0.25, 0.3) is 0 Å². The van der Waals surface area contributed by atoms with E-state index in [1.807, 2.05) is 0 Å². The first-order valence-corrected chi connectivity index (χ1v) is 5.41. The summed E-state index contributed by atoms with van der Waals surface area (Å²) in [6.07, 6.45) is 0. The fourth-order valence-corrected chi connectivity index (χ4v) is 1.78. The number of alkyl halides is 1. The molecule has 0 aliphatic heterocycles. The zero-order chi connectivity index (χ0) is 12.3. The van der Waals surface area contributed by atoms with Gasteiger partial charge >= 0.3 is 0 Å². The molecule has 0 saturated heterocycles. The summed E-state index contributed by atoms with van der Waals surface area (Å²) in [5.41, 5.74) is 0.388. The molecule has 0 aromatic heterocycles. The molecule has 0 saturated carbocycles. The third-order valence-corrected chi connectivity index (χ3v) is 2.99. The van der Waals surface area contributed by atoms with Crippen molar-refractivity contribution in [3.8, 4) is 5.75 Å². The minimum absolute atomic E-state index is 0.0960. The number of halogens is 2. The van der Waals surface area contributed by atoms with Crippen molar-refractivity contribution in [2.75, 3.05) is 7.11 Å². The lowest BCUT2D eigenvalue weighted by Gasteiger charge is -2.08. The van der Waals surface area contributed by atoms with E-state index >= 15 is 0 Å². The molecule has 0 fully saturated rings. The minimum atomic E-state index is -0.814. The summed E-state index contributed by atoms with van der Waals surface area (Å²) in [4.78, 5) is 21.4. The number of rotatable bonds is 4. The van der Waals surface area contributed by atoms with Gasteiger partial charge in [0.05, 0.1) is 7.11 Å². The highest BCUT2D eigenvalue weighted by molar-refractivity contribution is 9.09. The fraction of sp³-hybridized carbons (Fsp3) is 0.273. The lowest BCUT2D eigenvalue weighted by atomic mass is 10.1. The van der Waals surface area contributed by atoms with Gasteiger partial charge in [-0.05, 0) is 17.7 Å². The van der Waals surface area contributed by atoms with Crippen LogP contribution in [-0.4, -0.2) is 18.7 Å². The van der Waals surface area contributed by atoms with Gasteiger partial charge < -0.3 is 4.74 Å². The van der Waals surface area contributed by atoms with Crippen LogP contribution in [-0.2, 0) is 9.59 Å². The lowest BCUT2D eigenvalue weighted by Crippen LogP contribution is -2.15. The predicted molar refractivity (Wildman–Crippen MR) is 60.3 cm³/mol. The summed E-state index contributed by atoms with van der Waals surface area (Å²) in [7, 11) is 1.35. The number of hydrogen-bond acceptors (Lipinski definition) is 3. The molecule has 0 aliphatic carbocycles. The largest absolute Gasteiger partial charge is 0.494 e. The molecule has 0 bridgehead atoms. The maximum absolute atomic E-state index is 13.3. The van der Waals surface area contributed by atoms with E-state index in [-0.39, 0.29) is 5.75 Å². The molecule has 1 unspecified atom stereocenters. The van der Waals surface area contributed by atoms with Crippen molar-refractivity contribution in [1.29, 1.82) is 0 Å². The standard InChI is InChI=1S/C11H10BrFO3/c1-6(14)11(15)10(12)7-3-4-9(16-2)8(13)5-7/h3-5,10H,1-2H3. The Morgan fingerprint density at radius 2 is 2.06 bits per heavy atom. The van der Waals surface area contributed by atoms with Gasteiger partial charge in [0.2, 0.25) is 5.78 Å². The van der Waals surface area contributed by atoms with Crippen LogP contribution in [0.1, 0.15) is 17.3 Å². The zero-order valence-corrected chi connectivity index (χ0v) is 10.4. The predicted octanol–water partition coefficient (Wildman–Crippen LogP) is 2.43. The summed E-state index contributed by atoms with van der Waals surface area (Å²) in [5.74, 6) is -1.65. The third kappa shape index (κ3) is 2.66. The highest BCUT2D eigenvalue weighted by Gasteiger charge is 2.22. The van der Waals surface area contributed by atoms with Crippen molar-refractivity contribution < 1.29 is 18.7 Å². The molecular weight excluding hydrogens is 279 g/mol. The van der Waals surface area contributed by atoms with Crippen molar-refractivity contribution in [3.63, 3.8) is 0 Å². The Morgan fingerprint density at radius 3 is 2.50 bits per heavy atom. The molecular formula is C11H10BrFO3. The molecule has 0 N–H and O–H groups in total. The van der Waals surface area contributed by atoms with Gasteiger partial charge in [-0.25, -0.2) is 4.39 Å². The first-order chi connectivity index (χ1) is 7.47. The van der Waals surface area contributed by atoms with E-state index in [9.17, 15) is 14.0 Å². The maximum Gasteiger partial charge on any atom is 0.216 e. The van der Waals surface area contributed by atoms with Crippen LogP contribution in [0.15, 0.2) is 18.2 Å². The van der Waals surface area contributed by atoms with Crippen molar-refractivity contribution in [1.82, 2.24) is 0 Å². The summed E-state index contributed by atoms with van der Waals surface area (Å²) >= 11 is 3.05. The Labute approximate surface area is 101 Å². The second kappa shape index (κ2) is 5.21. The van der Waals surface area contributed by atoms with E-state index in [2.05, 4.69) is 15.9 Å². The van der Waals surface area contributed by atoms with Crippen LogP contribution < -0.4 is 4.74 Å². The summed E-state index contributed by atoms with van der Waals surface area (Å²) in [6, 6.07) is 4.10. The molecule has 0 spiro atoms. The number of carbonyl (C=O) groups excluding carboxylic acids is 2. The van der Waals surface area contributed by atoms with Crippen molar-refractivity contribution in [2.24, 2.45) is 0 Å². The monoisotopic (exact) mass is 288 g/mol. The molecule has 0 aliphatic rings. The number of carbonyl (C=O) groups is 2. The van der Waals surface area contributed by atoms with Crippen LogP contribution in [0, 0.1) is 5.82 Å². The molecule has 16 heavy (non-hydrogen) atoms. The topological polar surface area (TPSA) is 43.4 Å². The molecule has 1 rings (SSSR count). The SMILES string of the molecule is COc1ccc(C(Br)C(=O)C(C)=O)cc1F. The zero-order valence-electron chi connectivity index (χ0n) is 8.79. The summed E-state index contributed by atoms with van der Waals surface area (Å²) in [5, 5.41) is 0. The molecule has 1 aromatic rings. The van der Waals surface area contributed by atoms with E-state index in [1.54, 1.807) is 0 Å². The number of methoxy groups -OCH3 is 1. The molecule has 5 heteroatoms. The van der Waals surface area contributed by atoms with Gasteiger partial charge in [-0.15, -0.1) is 0 Å². The van der Waals surface area contributed by atoms with E-state index in [0.717, 1.165) is 0 Å². The van der Waals surface area contributed by atoms with Crippen LogP contribution in [0.2, 0.25) is 0 Å². The van der Waals surface area contributed by atoms with Gasteiger partial charge in [-0.1, -0.05) is 22.0 Å². The minimum Gasteiger partial charge on any atom is -0.494 e. The Morgan fingerprint density at radius 1 is 1.44 bits per heavy atom. The molecule has 3 nitrogen and oxygen atoms in total. The quantitative estimate of drug-likeness (QED) is 0.631. The van der Waals surface area contributed by atoms with Gasteiger partial charge in [-0.2, -0.15) is 0 Å². The summed E-state index contributed by atoms with van der Waals surface area (Å²) < 4.78 is 18.1. The number of Topliss-reactive ketones (excluding diaryl/α,β-unsaturated/α-hetero) is 2. The van der Waals surface area contributed by atoms with Crippen molar-refractivity contribution in [3.05, 3.63) is 29.6 Å². The molecule has 1 atom stereocenters. The smallest absolute Gasteiger partial charge is 0.216 e. The first-order valence-electron chi connectivity index (χ1n) is 4.49. The normalized spacial score (nSPS) is 12.0. The number of ether oxygens (including phenoxy) is 1. The molecule has 0 radical (unpaired) electrons. The van der Waals surface area contributed by atoms with E-state index in [1.165, 1.54) is 32.2 Å². The number of benzene rings is 1. The summed E-state index contributed by atoms with van der Waals surface area (Å²) in [6.45, 7) is 1.18. The number of ketones is 2. The fourth-order valence-electron chi connectivity index (χ4n) is 1.17. The second-order valence-corrected chi connectivity index (χ2v) is 4.09. The van der Waals surface area contributed by atoms with Gasteiger partial charge in [0.25, 0.3) is 0 Å². The Kier molecular flexibility index (Phi) is 4.18. The average molecular weight is 289 g/mol. The Bertz CT molecular complexity index is 431. The lowest BCUT2D eigenvalue weighted by molar-refractivity contribution is -0.135. The van der Waals surface area contributed by atoms with E-state index < -0.39 is 22.2 Å². The van der Waals surface area contributed by atoms with Crippen LogP contribution in [0.3, 0.4) is 0 Å². The molecule has 86 valence electrons. The first kappa shape index (κ1) is 12.8. The maximum atomic E-state index is 13.3. The number of hydrogen-bond donors (Lipinski definition) is 0.